The zero-order chi connectivity index (χ0) is 16.0. The van der Waals surface area contributed by atoms with E-state index in [2.05, 4.69) is 5.32 Å². The maximum Gasteiger partial charge on any atom is 0.407 e. The summed E-state index contributed by atoms with van der Waals surface area (Å²) in [6.07, 6.45) is -0.258. The molecule has 1 amide bonds. The molecule has 0 spiro atoms. The van der Waals surface area contributed by atoms with E-state index in [9.17, 15) is 4.79 Å². The maximum absolute atomic E-state index is 15.1. The molecule has 2 rings (SSSR count). The van der Waals surface area contributed by atoms with E-state index in [1.54, 1.807) is 20.8 Å². The van der Waals surface area contributed by atoms with Crippen LogP contribution >= 0.6 is 0 Å². The Morgan fingerprint density at radius 2 is 1.81 bits per heavy atom. The average molecular weight is 293 g/mol. The van der Waals surface area contributed by atoms with Crippen molar-refractivity contribution < 1.29 is 13.9 Å². The molecule has 21 heavy (non-hydrogen) atoms. The van der Waals surface area contributed by atoms with E-state index in [1.165, 1.54) is 0 Å². The molecule has 2 atom stereocenters. The van der Waals surface area contributed by atoms with Crippen LogP contribution in [0.5, 0.6) is 0 Å². The summed E-state index contributed by atoms with van der Waals surface area (Å²) in [6, 6.07) is 3.45. The monoisotopic (exact) mass is 293 g/mol. The number of hydrogen-bond acceptors (Lipinski definition) is 2. The van der Waals surface area contributed by atoms with Gasteiger partial charge >= 0.3 is 6.09 Å². The predicted octanol–water partition coefficient (Wildman–Crippen LogP) is 4.07. The summed E-state index contributed by atoms with van der Waals surface area (Å²) in [5.74, 6) is 0. The van der Waals surface area contributed by atoms with Crippen molar-refractivity contribution in [3.8, 4) is 0 Å². The molecule has 1 aromatic rings. The number of rotatable bonds is 2. The number of hydrogen-bond donors (Lipinski definition) is 1. The van der Waals surface area contributed by atoms with Crippen LogP contribution in [0.25, 0.3) is 0 Å². The molecule has 0 unspecified atom stereocenters. The molecule has 3 nitrogen and oxygen atoms in total. The van der Waals surface area contributed by atoms with Gasteiger partial charge in [-0.1, -0.05) is 17.7 Å². The second kappa shape index (κ2) is 5.00. The molecule has 1 aromatic carbocycles. The maximum atomic E-state index is 15.1. The van der Waals surface area contributed by atoms with Crippen LogP contribution in [-0.4, -0.2) is 17.7 Å². The summed E-state index contributed by atoms with van der Waals surface area (Å²) < 4.78 is 20.3. The van der Waals surface area contributed by atoms with Gasteiger partial charge < -0.3 is 10.1 Å². The molecule has 1 fully saturated rings. The first-order valence-electron chi connectivity index (χ1n) is 7.30. The lowest BCUT2D eigenvalue weighted by molar-refractivity contribution is 0.0510. The Bertz CT molecular complexity index is 554. The fourth-order valence-corrected chi connectivity index (χ4v) is 2.97. The second-order valence-electron chi connectivity index (χ2n) is 7.04. The van der Waals surface area contributed by atoms with E-state index in [-0.39, 0.29) is 0 Å². The van der Waals surface area contributed by atoms with Crippen LogP contribution in [0, 0.1) is 20.8 Å². The number of benzene rings is 1. The van der Waals surface area contributed by atoms with Crippen LogP contribution in [0.1, 0.15) is 49.4 Å². The van der Waals surface area contributed by atoms with E-state index < -0.39 is 23.4 Å². The summed E-state index contributed by atoms with van der Waals surface area (Å²) in [7, 11) is 0. The number of ether oxygens (including phenoxy) is 1. The zero-order valence-electron chi connectivity index (χ0n) is 13.6. The van der Waals surface area contributed by atoms with Crippen LogP contribution in [-0.2, 0) is 10.4 Å². The molecule has 4 heteroatoms. The summed E-state index contributed by atoms with van der Waals surface area (Å²) in [4.78, 5) is 11.8. The van der Waals surface area contributed by atoms with Crippen molar-refractivity contribution in [2.24, 2.45) is 0 Å². The van der Waals surface area contributed by atoms with E-state index >= 15 is 4.39 Å². The van der Waals surface area contributed by atoms with Gasteiger partial charge in [-0.3, -0.25) is 0 Å². The number of carbonyl (C=O) groups excluding carboxylic acids is 1. The standard InChI is InChI=1S/C17H24FNO2/c1-10-7-11(2)14(12(3)8-10)17(18)9-13(17)19-15(20)21-16(4,5)6/h7-8,13H,9H2,1-6H3,(H,19,20)/t13-,17+/m1/s1. The molecule has 1 aliphatic rings. The lowest BCUT2D eigenvalue weighted by atomic mass is 9.94. The molecular formula is C17H24FNO2. The number of nitrogens with one attached hydrogen (secondary N) is 1. The van der Waals surface area contributed by atoms with Crippen LogP contribution in [0.4, 0.5) is 9.18 Å². The largest absolute Gasteiger partial charge is 0.444 e. The van der Waals surface area contributed by atoms with Crippen molar-refractivity contribution in [1.29, 1.82) is 0 Å². The predicted molar refractivity (Wildman–Crippen MR) is 81.2 cm³/mol. The minimum atomic E-state index is -1.47. The Labute approximate surface area is 125 Å². The Morgan fingerprint density at radius 3 is 2.29 bits per heavy atom. The van der Waals surface area contributed by atoms with Gasteiger partial charge in [0, 0.05) is 6.42 Å². The number of alkyl carbamates (subject to hydrolysis) is 1. The van der Waals surface area contributed by atoms with Crippen LogP contribution < -0.4 is 5.32 Å². The zero-order valence-corrected chi connectivity index (χ0v) is 13.6. The number of carbonyl (C=O) groups is 1. The third kappa shape index (κ3) is 3.36. The van der Waals surface area contributed by atoms with Gasteiger partial charge in [0.15, 0.2) is 5.67 Å². The summed E-state index contributed by atoms with van der Waals surface area (Å²) in [6.45, 7) is 11.2. The highest BCUT2D eigenvalue weighted by molar-refractivity contribution is 5.69. The first kappa shape index (κ1) is 15.8. The van der Waals surface area contributed by atoms with Crippen molar-refractivity contribution in [3.05, 3.63) is 34.4 Å². The third-order valence-electron chi connectivity index (χ3n) is 3.68. The normalized spacial score (nSPS) is 24.6. The van der Waals surface area contributed by atoms with E-state index in [1.807, 2.05) is 32.9 Å². The van der Waals surface area contributed by atoms with Gasteiger partial charge in [0.1, 0.15) is 5.60 Å². The van der Waals surface area contributed by atoms with Crippen molar-refractivity contribution >= 4 is 6.09 Å². The highest BCUT2D eigenvalue weighted by Crippen LogP contribution is 2.52. The first-order chi connectivity index (χ1) is 9.53. The van der Waals surface area contributed by atoms with Crippen molar-refractivity contribution in [2.75, 3.05) is 0 Å². The topological polar surface area (TPSA) is 38.3 Å². The molecular weight excluding hydrogens is 269 g/mol. The van der Waals surface area contributed by atoms with E-state index in [0.29, 0.717) is 12.0 Å². The van der Waals surface area contributed by atoms with Gasteiger partial charge in [0.2, 0.25) is 0 Å². The van der Waals surface area contributed by atoms with Gasteiger partial charge in [0.25, 0.3) is 0 Å². The average Bonchev–Trinajstić information content (AvgIpc) is 2.83. The Balaban J connectivity index is 2.12. The van der Waals surface area contributed by atoms with E-state index in [4.69, 9.17) is 4.74 Å². The van der Waals surface area contributed by atoms with Crippen molar-refractivity contribution in [1.82, 2.24) is 5.32 Å². The highest BCUT2D eigenvalue weighted by atomic mass is 19.1. The smallest absolute Gasteiger partial charge is 0.407 e. The fourth-order valence-electron chi connectivity index (χ4n) is 2.97. The third-order valence-corrected chi connectivity index (χ3v) is 3.68. The first-order valence-corrected chi connectivity index (χ1v) is 7.30. The van der Waals surface area contributed by atoms with Crippen LogP contribution in [0.3, 0.4) is 0 Å². The van der Waals surface area contributed by atoms with Gasteiger partial charge in [-0.05, 0) is 58.2 Å². The minimum Gasteiger partial charge on any atom is -0.444 e. The SMILES string of the molecule is Cc1cc(C)c([C@]2(F)C[C@H]2NC(=O)OC(C)(C)C)c(C)c1. The Hall–Kier alpha value is -1.58. The lowest BCUT2D eigenvalue weighted by Crippen LogP contribution is -2.36. The molecule has 1 saturated carbocycles. The van der Waals surface area contributed by atoms with Crippen molar-refractivity contribution in [2.45, 2.75) is 65.3 Å². The minimum absolute atomic E-state index is 0.303. The van der Waals surface area contributed by atoms with Crippen LogP contribution in [0.15, 0.2) is 12.1 Å². The quantitative estimate of drug-likeness (QED) is 0.892. The van der Waals surface area contributed by atoms with Gasteiger partial charge in [-0.2, -0.15) is 0 Å². The number of alkyl halides is 1. The van der Waals surface area contributed by atoms with E-state index in [0.717, 1.165) is 16.7 Å². The highest BCUT2D eigenvalue weighted by Gasteiger charge is 2.59. The summed E-state index contributed by atoms with van der Waals surface area (Å²) in [5, 5.41) is 2.63. The molecule has 0 aromatic heterocycles. The van der Waals surface area contributed by atoms with Crippen molar-refractivity contribution in [3.63, 3.8) is 0 Å². The second-order valence-corrected chi connectivity index (χ2v) is 7.04. The number of halogens is 1. The molecule has 0 radical (unpaired) electrons. The molecule has 1 aliphatic carbocycles. The number of amides is 1. The van der Waals surface area contributed by atoms with Crippen LogP contribution in [0.2, 0.25) is 0 Å². The molecule has 0 saturated heterocycles. The molecule has 116 valence electrons. The summed E-state index contributed by atoms with van der Waals surface area (Å²) in [5.41, 5.74) is 1.64. The molecule has 0 aliphatic heterocycles. The Morgan fingerprint density at radius 1 is 1.29 bits per heavy atom. The Kier molecular flexibility index (Phi) is 3.77. The fraction of sp³-hybridized carbons (Fsp3) is 0.588. The van der Waals surface area contributed by atoms with Gasteiger partial charge in [-0.15, -0.1) is 0 Å². The van der Waals surface area contributed by atoms with Gasteiger partial charge in [-0.25, -0.2) is 9.18 Å². The lowest BCUT2D eigenvalue weighted by Gasteiger charge is -2.21. The molecule has 0 bridgehead atoms. The number of aryl methyl sites for hydroxylation is 3. The molecule has 0 heterocycles. The van der Waals surface area contributed by atoms with Gasteiger partial charge in [0.05, 0.1) is 6.04 Å². The summed E-state index contributed by atoms with van der Waals surface area (Å²) >= 11 is 0. The molecule has 1 N–H and O–H groups in total.